The lowest BCUT2D eigenvalue weighted by atomic mass is 9.97. The van der Waals surface area contributed by atoms with Crippen LogP contribution in [0.1, 0.15) is 39.2 Å². The molecule has 1 N–H and O–H groups in total. The molecule has 106 valence electrons. The van der Waals surface area contributed by atoms with Gasteiger partial charge in [0, 0.05) is 37.4 Å². The molecule has 3 heteroatoms. The molecule has 0 aliphatic carbocycles. The summed E-state index contributed by atoms with van der Waals surface area (Å²) in [6, 6.07) is 5.42. The van der Waals surface area contributed by atoms with Gasteiger partial charge in [0.2, 0.25) is 0 Å². The van der Waals surface area contributed by atoms with Gasteiger partial charge < -0.3 is 10.2 Å². The quantitative estimate of drug-likeness (QED) is 0.894. The smallest absolute Gasteiger partial charge is 0.129 e. The third-order valence-electron chi connectivity index (χ3n) is 3.50. The van der Waals surface area contributed by atoms with Crippen LogP contribution in [0.2, 0.25) is 0 Å². The van der Waals surface area contributed by atoms with Crippen LogP contribution < -0.4 is 10.2 Å². The van der Waals surface area contributed by atoms with Crippen molar-refractivity contribution in [1.82, 2.24) is 5.32 Å². The highest BCUT2D eigenvalue weighted by molar-refractivity contribution is 5.54. The van der Waals surface area contributed by atoms with Gasteiger partial charge in [-0.1, -0.05) is 26.8 Å². The number of nitrogens with one attached hydrogen (secondary N) is 1. The highest BCUT2D eigenvalue weighted by Crippen LogP contribution is 2.26. The Kier molecular flexibility index (Phi) is 4.46. The normalized spacial score (nSPS) is 16.1. The SMILES string of the molecule is CC(C)(C)CNCc1c(F)cccc1N1CCCC1. The molecule has 0 unspecified atom stereocenters. The molecule has 1 aromatic rings. The van der Waals surface area contributed by atoms with Gasteiger partial charge in [0.1, 0.15) is 5.82 Å². The van der Waals surface area contributed by atoms with E-state index in [1.54, 1.807) is 6.07 Å². The standard InChI is InChI=1S/C16H25FN2/c1-16(2,3)12-18-11-13-14(17)7-6-8-15(13)19-9-4-5-10-19/h6-8,18H,4-5,9-12H2,1-3H3. The Labute approximate surface area is 116 Å². The molecule has 0 bridgehead atoms. The van der Waals surface area contributed by atoms with E-state index in [0.29, 0.717) is 6.54 Å². The molecule has 19 heavy (non-hydrogen) atoms. The summed E-state index contributed by atoms with van der Waals surface area (Å²) >= 11 is 0. The van der Waals surface area contributed by atoms with Crippen LogP contribution in [-0.2, 0) is 6.54 Å². The van der Waals surface area contributed by atoms with Crippen molar-refractivity contribution in [2.24, 2.45) is 5.41 Å². The predicted molar refractivity (Wildman–Crippen MR) is 79.0 cm³/mol. The van der Waals surface area contributed by atoms with Gasteiger partial charge in [0.05, 0.1) is 0 Å². The van der Waals surface area contributed by atoms with Crippen molar-refractivity contribution >= 4 is 5.69 Å². The van der Waals surface area contributed by atoms with E-state index in [4.69, 9.17) is 0 Å². The van der Waals surface area contributed by atoms with Crippen LogP contribution >= 0.6 is 0 Å². The van der Waals surface area contributed by atoms with Crippen LogP contribution in [0.3, 0.4) is 0 Å². The number of benzene rings is 1. The first-order chi connectivity index (χ1) is 8.97. The summed E-state index contributed by atoms with van der Waals surface area (Å²) in [4.78, 5) is 2.30. The maximum Gasteiger partial charge on any atom is 0.129 e. The lowest BCUT2D eigenvalue weighted by Crippen LogP contribution is -2.28. The van der Waals surface area contributed by atoms with E-state index in [2.05, 4.69) is 31.0 Å². The molecule has 0 spiro atoms. The topological polar surface area (TPSA) is 15.3 Å². The highest BCUT2D eigenvalue weighted by Gasteiger charge is 2.18. The Hall–Kier alpha value is -1.09. The molecule has 2 rings (SSSR count). The fourth-order valence-corrected chi connectivity index (χ4v) is 2.54. The second kappa shape index (κ2) is 5.91. The van der Waals surface area contributed by atoms with Crippen molar-refractivity contribution in [3.05, 3.63) is 29.6 Å². The molecule has 1 fully saturated rings. The molecule has 0 atom stereocenters. The van der Waals surface area contributed by atoms with E-state index in [-0.39, 0.29) is 11.2 Å². The van der Waals surface area contributed by atoms with Gasteiger partial charge in [0.25, 0.3) is 0 Å². The first kappa shape index (κ1) is 14.3. The molecule has 2 nitrogen and oxygen atoms in total. The maximum atomic E-state index is 14.1. The van der Waals surface area contributed by atoms with E-state index in [9.17, 15) is 4.39 Å². The first-order valence-corrected chi connectivity index (χ1v) is 7.20. The monoisotopic (exact) mass is 264 g/mol. The Morgan fingerprint density at radius 2 is 1.89 bits per heavy atom. The Bertz CT molecular complexity index is 417. The second-order valence-corrected chi connectivity index (χ2v) is 6.60. The number of anilines is 1. The lowest BCUT2D eigenvalue weighted by molar-refractivity contribution is 0.377. The highest BCUT2D eigenvalue weighted by atomic mass is 19.1. The number of rotatable bonds is 4. The average molecular weight is 264 g/mol. The summed E-state index contributed by atoms with van der Waals surface area (Å²) in [5, 5.41) is 3.38. The van der Waals surface area contributed by atoms with Crippen molar-refractivity contribution in [3.63, 3.8) is 0 Å². The van der Waals surface area contributed by atoms with E-state index >= 15 is 0 Å². The third kappa shape index (κ3) is 3.93. The van der Waals surface area contributed by atoms with Crippen molar-refractivity contribution in [2.45, 2.75) is 40.2 Å². The summed E-state index contributed by atoms with van der Waals surface area (Å²) in [7, 11) is 0. The van der Waals surface area contributed by atoms with Gasteiger partial charge in [-0.25, -0.2) is 4.39 Å². The molecule has 1 aliphatic rings. The van der Waals surface area contributed by atoms with E-state index in [1.165, 1.54) is 12.8 Å². The minimum atomic E-state index is -0.0918. The Morgan fingerprint density at radius 1 is 1.21 bits per heavy atom. The molecule has 0 saturated carbocycles. The number of halogens is 1. The van der Waals surface area contributed by atoms with Crippen LogP contribution in [-0.4, -0.2) is 19.6 Å². The van der Waals surface area contributed by atoms with Crippen molar-refractivity contribution in [1.29, 1.82) is 0 Å². The zero-order valence-corrected chi connectivity index (χ0v) is 12.3. The summed E-state index contributed by atoms with van der Waals surface area (Å²) in [5.41, 5.74) is 2.10. The molecule has 1 aliphatic heterocycles. The average Bonchev–Trinajstić information content (AvgIpc) is 2.83. The first-order valence-electron chi connectivity index (χ1n) is 7.20. The molecular formula is C16H25FN2. The van der Waals surface area contributed by atoms with Crippen LogP contribution in [0, 0.1) is 11.2 Å². The molecule has 1 saturated heterocycles. The third-order valence-corrected chi connectivity index (χ3v) is 3.50. The van der Waals surface area contributed by atoms with Crippen molar-refractivity contribution in [2.75, 3.05) is 24.5 Å². The lowest BCUT2D eigenvalue weighted by Gasteiger charge is -2.23. The number of nitrogens with zero attached hydrogens (tertiary/aromatic N) is 1. The zero-order valence-electron chi connectivity index (χ0n) is 12.3. The largest absolute Gasteiger partial charge is 0.371 e. The zero-order chi connectivity index (χ0) is 13.9. The van der Waals surface area contributed by atoms with E-state index in [0.717, 1.165) is 30.9 Å². The molecular weight excluding hydrogens is 239 g/mol. The minimum absolute atomic E-state index is 0.0918. The minimum Gasteiger partial charge on any atom is -0.371 e. The summed E-state index contributed by atoms with van der Waals surface area (Å²) in [6.45, 7) is 10.1. The molecule has 0 amide bonds. The fraction of sp³-hybridized carbons (Fsp3) is 0.625. The van der Waals surface area contributed by atoms with E-state index < -0.39 is 0 Å². The fourth-order valence-electron chi connectivity index (χ4n) is 2.54. The van der Waals surface area contributed by atoms with Gasteiger partial charge in [-0.15, -0.1) is 0 Å². The molecule has 1 aromatic carbocycles. The summed E-state index contributed by atoms with van der Waals surface area (Å²) in [5.74, 6) is -0.0918. The second-order valence-electron chi connectivity index (χ2n) is 6.60. The summed E-state index contributed by atoms with van der Waals surface area (Å²) in [6.07, 6.45) is 2.43. The molecule has 0 aromatic heterocycles. The van der Waals surface area contributed by atoms with Gasteiger partial charge >= 0.3 is 0 Å². The van der Waals surface area contributed by atoms with Crippen LogP contribution in [0.15, 0.2) is 18.2 Å². The number of hydrogen-bond acceptors (Lipinski definition) is 2. The number of hydrogen-bond donors (Lipinski definition) is 1. The van der Waals surface area contributed by atoms with Gasteiger partial charge in [-0.05, 0) is 30.4 Å². The van der Waals surface area contributed by atoms with Gasteiger partial charge in [-0.3, -0.25) is 0 Å². The Morgan fingerprint density at radius 3 is 2.53 bits per heavy atom. The Balaban J connectivity index is 2.09. The predicted octanol–water partition coefficient (Wildman–Crippen LogP) is 3.56. The van der Waals surface area contributed by atoms with Crippen LogP contribution in [0.5, 0.6) is 0 Å². The molecule has 0 radical (unpaired) electrons. The molecule has 1 heterocycles. The van der Waals surface area contributed by atoms with Crippen molar-refractivity contribution in [3.8, 4) is 0 Å². The van der Waals surface area contributed by atoms with Crippen molar-refractivity contribution < 1.29 is 4.39 Å². The maximum absolute atomic E-state index is 14.1. The van der Waals surface area contributed by atoms with Gasteiger partial charge in [-0.2, -0.15) is 0 Å². The van der Waals surface area contributed by atoms with E-state index in [1.807, 2.05) is 12.1 Å². The van der Waals surface area contributed by atoms with Gasteiger partial charge in [0.15, 0.2) is 0 Å². The van der Waals surface area contributed by atoms with Crippen LogP contribution in [0.4, 0.5) is 10.1 Å². The van der Waals surface area contributed by atoms with Crippen LogP contribution in [0.25, 0.3) is 0 Å². The summed E-state index contributed by atoms with van der Waals surface area (Å²) < 4.78 is 14.1.